The summed E-state index contributed by atoms with van der Waals surface area (Å²) in [6.45, 7) is 6.50. The number of nitrogens with zero attached hydrogens (tertiary/aromatic N) is 3. The smallest absolute Gasteiger partial charge is 0.232 e. The molecule has 1 aromatic carbocycles. The van der Waals surface area contributed by atoms with Crippen molar-refractivity contribution in [2.75, 3.05) is 11.4 Å². The van der Waals surface area contributed by atoms with E-state index in [4.69, 9.17) is 4.52 Å². The van der Waals surface area contributed by atoms with Crippen molar-refractivity contribution < 1.29 is 9.32 Å². The van der Waals surface area contributed by atoms with E-state index in [0.717, 1.165) is 5.69 Å². The summed E-state index contributed by atoms with van der Waals surface area (Å²) in [6.07, 6.45) is 0.425. The van der Waals surface area contributed by atoms with E-state index >= 15 is 0 Å². The Morgan fingerprint density at radius 2 is 2.05 bits per heavy atom. The Labute approximate surface area is 117 Å². The number of anilines is 1. The van der Waals surface area contributed by atoms with E-state index in [1.54, 1.807) is 11.8 Å². The van der Waals surface area contributed by atoms with Crippen molar-refractivity contribution >= 4 is 11.6 Å². The second-order valence-corrected chi connectivity index (χ2v) is 5.35. The highest BCUT2D eigenvalue weighted by Crippen LogP contribution is 2.31. The molecule has 0 N–H and O–H groups in total. The van der Waals surface area contributed by atoms with E-state index in [-0.39, 0.29) is 11.8 Å². The lowest BCUT2D eigenvalue weighted by atomic mass is 10.1. The van der Waals surface area contributed by atoms with Crippen LogP contribution in [0, 0.1) is 20.8 Å². The van der Waals surface area contributed by atoms with Gasteiger partial charge in [-0.3, -0.25) is 4.79 Å². The van der Waals surface area contributed by atoms with Gasteiger partial charge in [-0.25, -0.2) is 0 Å². The monoisotopic (exact) mass is 271 g/mol. The zero-order chi connectivity index (χ0) is 14.3. The maximum Gasteiger partial charge on any atom is 0.232 e. The average Bonchev–Trinajstić information content (AvgIpc) is 2.99. The topological polar surface area (TPSA) is 59.2 Å². The molecule has 0 aliphatic carbocycles. The van der Waals surface area contributed by atoms with E-state index in [0.29, 0.717) is 24.7 Å². The van der Waals surface area contributed by atoms with Gasteiger partial charge in [0.1, 0.15) is 0 Å². The summed E-state index contributed by atoms with van der Waals surface area (Å²) in [5.41, 5.74) is 3.36. The van der Waals surface area contributed by atoms with Crippen LogP contribution in [0.15, 0.2) is 22.7 Å². The summed E-state index contributed by atoms with van der Waals surface area (Å²) < 4.78 is 5.18. The van der Waals surface area contributed by atoms with Crippen molar-refractivity contribution in [2.24, 2.45) is 0 Å². The first-order valence-corrected chi connectivity index (χ1v) is 6.72. The first-order valence-electron chi connectivity index (χ1n) is 6.72. The fourth-order valence-electron chi connectivity index (χ4n) is 2.49. The van der Waals surface area contributed by atoms with Crippen molar-refractivity contribution in [1.82, 2.24) is 10.1 Å². The predicted molar refractivity (Wildman–Crippen MR) is 74.7 cm³/mol. The summed E-state index contributed by atoms with van der Waals surface area (Å²) in [5.74, 6) is 1.26. The number of hydrogen-bond donors (Lipinski definition) is 0. The molecule has 5 nitrogen and oxygen atoms in total. The number of rotatable bonds is 2. The Bertz CT molecular complexity index is 663. The van der Waals surface area contributed by atoms with Crippen LogP contribution in [0.3, 0.4) is 0 Å². The molecule has 5 heteroatoms. The molecule has 2 aromatic rings. The molecule has 0 radical (unpaired) electrons. The van der Waals surface area contributed by atoms with Gasteiger partial charge in [-0.2, -0.15) is 4.98 Å². The molecule has 0 bridgehead atoms. The second kappa shape index (κ2) is 4.74. The summed E-state index contributed by atoms with van der Waals surface area (Å²) in [4.78, 5) is 18.2. The molecule has 1 saturated heterocycles. The fourth-order valence-corrected chi connectivity index (χ4v) is 2.49. The lowest BCUT2D eigenvalue weighted by Crippen LogP contribution is -2.24. The minimum absolute atomic E-state index is 0.00897. The number of benzene rings is 1. The van der Waals surface area contributed by atoms with E-state index in [1.165, 1.54) is 11.1 Å². The molecule has 1 aromatic heterocycles. The number of aromatic nitrogens is 2. The van der Waals surface area contributed by atoms with Gasteiger partial charge in [0.2, 0.25) is 11.8 Å². The van der Waals surface area contributed by atoms with Crippen LogP contribution in [0.1, 0.15) is 35.2 Å². The Balaban J connectivity index is 1.85. The van der Waals surface area contributed by atoms with Crippen molar-refractivity contribution in [3.63, 3.8) is 0 Å². The van der Waals surface area contributed by atoms with Crippen LogP contribution in [0.25, 0.3) is 0 Å². The van der Waals surface area contributed by atoms with Crippen molar-refractivity contribution in [2.45, 2.75) is 33.1 Å². The minimum atomic E-state index is -0.00897. The maximum absolute atomic E-state index is 12.2. The van der Waals surface area contributed by atoms with Gasteiger partial charge in [0, 0.05) is 18.7 Å². The number of hydrogen-bond acceptors (Lipinski definition) is 4. The van der Waals surface area contributed by atoms with Crippen LogP contribution in [-0.4, -0.2) is 22.6 Å². The van der Waals surface area contributed by atoms with Crippen LogP contribution in [-0.2, 0) is 4.79 Å². The van der Waals surface area contributed by atoms with E-state index in [1.807, 2.05) is 12.1 Å². The van der Waals surface area contributed by atoms with Crippen LogP contribution in [0.5, 0.6) is 0 Å². The summed E-state index contributed by atoms with van der Waals surface area (Å²) in [6, 6.07) is 6.08. The average molecular weight is 271 g/mol. The van der Waals surface area contributed by atoms with Crippen LogP contribution in [0.2, 0.25) is 0 Å². The predicted octanol–water partition coefficient (Wildman–Crippen LogP) is 2.52. The first kappa shape index (κ1) is 12.8. The lowest BCUT2D eigenvalue weighted by Gasteiger charge is -2.17. The molecule has 1 fully saturated rings. The normalized spacial score (nSPS) is 18.9. The third kappa shape index (κ3) is 2.19. The molecule has 0 saturated carbocycles. The largest absolute Gasteiger partial charge is 0.339 e. The molecule has 0 spiro atoms. The second-order valence-electron chi connectivity index (χ2n) is 5.35. The molecule has 1 unspecified atom stereocenters. The van der Waals surface area contributed by atoms with E-state index < -0.39 is 0 Å². The van der Waals surface area contributed by atoms with Gasteiger partial charge in [-0.1, -0.05) is 11.2 Å². The van der Waals surface area contributed by atoms with E-state index in [2.05, 4.69) is 30.1 Å². The molecule has 1 aliphatic heterocycles. The minimum Gasteiger partial charge on any atom is -0.339 e. The van der Waals surface area contributed by atoms with Crippen LogP contribution < -0.4 is 4.90 Å². The zero-order valence-corrected chi connectivity index (χ0v) is 11.9. The molecule has 1 amide bonds. The number of aryl methyl sites for hydroxylation is 3. The zero-order valence-electron chi connectivity index (χ0n) is 11.9. The Morgan fingerprint density at radius 3 is 2.70 bits per heavy atom. The van der Waals surface area contributed by atoms with Gasteiger partial charge in [0.25, 0.3) is 0 Å². The van der Waals surface area contributed by atoms with Gasteiger partial charge >= 0.3 is 0 Å². The SMILES string of the molecule is Cc1noc(C2CC(=O)N(c3ccc(C)c(C)c3)C2)n1. The molecule has 20 heavy (non-hydrogen) atoms. The summed E-state index contributed by atoms with van der Waals surface area (Å²) in [5, 5.41) is 3.79. The summed E-state index contributed by atoms with van der Waals surface area (Å²) >= 11 is 0. The third-order valence-corrected chi connectivity index (χ3v) is 3.82. The fraction of sp³-hybridized carbons (Fsp3) is 0.400. The molecule has 1 aliphatic rings. The van der Waals surface area contributed by atoms with Crippen molar-refractivity contribution in [3.8, 4) is 0 Å². The van der Waals surface area contributed by atoms with Crippen molar-refractivity contribution in [1.29, 1.82) is 0 Å². The standard InChI is InChI=1S/C15H17N3O2/c1-9-4-5-13(6-10(9)2)18-8-12(7-14(18)19)15-16-11(3)17-20-15/h4-6,12H,7-8H2,1-3H3. The first-order chi connectivity index (χ1) is 9.54. The van der Waals surface area contributed by atoms with Crippen molar-refractivity contribution in [3.05, 3.63) is 41.0 Å². The lowest BCUT2D eigenvalue weighted by molar-refractivity contribution is -0.117. The molecule has 104 valence electrons. The summed E-state index contributed by atoms with van der Waals surface area (Å²) in [7, 11) is 0. The molecular weight excluding hydrogens is 254 g/mol. The van der Waals surface area contributed by atoms with Crippen LogP contribution in [0.4, 0.5) is 5.69 Å². The maximum atomic E-state index is 12.2. The Morgan fingerprint density at radius 1 is 1.25 bits per heavy atom. The number of amides is 1. The molecule has 1 atom stereocenters. The van der Waals surface area contributed by atoms with E-state index in [9.17, 15) is 4.79 Å². The molecular formula is C15H17N3O2. The molecule has 3 rings (SSSR count). The number of carbonyl (C=O) groups is 1. The third-order valence-electron chi connectivity index (χ3n) is 3.82. The van der Waals surface area contributed by atoms with Gasteiger partial charge in [0.05, 0.1) is 5.92 Å². The van der Waals surface area contributed by atoms with Gasteiger partial charge < -0.3 is 9.42 Å². The molecule has 2 heterocycles. The highest BCUT2D eigenvalue weighted by atomic mass is 16.5. The van der Waals surface area contributed by atoms with Crippen LogP contribution >= 0.6 is 0 Å². The Hall–Kier alpha value is -2.17. The van der Waals surface area contributed by atoms with Gasteiger partial charge in [-0.15, -0.1) is 0 Å². The highest BCUT2D eigenvalue weighted by molar-refractivity contribution is 5.96. The number of carbonyl (C=O) groups excluding carboxylic acids is 1. The van der Waals surface area contributed by atoms with Gasteiger partial charge in [-0.05, 0) is 44.0 Å². The quantitative estimate of drug-likeness (QED) is 0.842. The van der Waals surface area contributed by atoms with Gasteiger partial charge in [0.15, 0.2) is 5.82 Å². The highest BCUT2D eigenvalue weighted by Gasteiger charge is 2.34. The Kier molecular flexibility index (Phi) is 3.04.